The van der Waals surface area contributed by atoms with Gasteiger partial charge in [0.1, 0.15) is 6.04 Å². The van der Waals surface area contributed by atoms with Gasteiger partial charge in [0.05, 0.1) is 12.6 Å². The normalized spacial score (nSPS) is 21.0. The maximum absolute atomic E-state index is 12.3. The minimum absolute atomic E-state index is 0.185. The molecule has 6 heteroatoms. The van der Waals surface area contributed by atoms with Crippen molar-refractivity contribution in [2.75, 3.05) is 26.9 Å². The van der Waals surface area contributed by atoms with Crippen molar-refractivity contribution in [2.24, 2.45) is 5.73 Å². The number of rotatable bonds is 6. The van der Waals surface area contributed by atoms with E-state index in [4.69, 9.17) is 15.2 Å². The third-order valence-electron chi connectivity index (χ3n) is 3.29. The van der Waals surface area contributed by atoms with Gasteiger partial charge in [-0.3, -0.25) is 4.79 Å². The van der Waals surface area contributed by atoms with Crippen molar-refractivity contribution >= 4 is 11.9 Å². The molecule has 0 aromatic heterocycles. The van der Waals surface area contributed by atoms with Gasteiger partial charge in [0, 0.05) is 20.3 Å². The summed E-state index contributed by atoms with van der Waals surface area (Å²) in [5.74, 6) is -0.510. The number of nitrogens with zero attached hydrogens (tertiary/aromatic N) is 1. The molecule has 2 atom stereocenters. The average Bonchev–Trinajstić information content (AvgIpc) is 2.44. The number of hydrogen-bond donors (Lipinski definition) is 1. The monoisotopic (exact) mass is 272 g/mol. The predicted molar refractivity (Wildman–Crippen MR) is 70.5 cm³/mol. The molecule has 1 aliphatic heterocycles. The Kier molecular flexibility index (Phi) is 6.80. The fourth-order valence-electron chi connectivity index (χ4n) is 2.26. The van der Waals surface area contributed by atoms with E-state index in [2.05, 4.69) is 0 Å². The summed E-state index contributed by atoms with van der Waals surface area (Å²) in [6, 6.07) is -1.09. The Morgan fingerprint density at radius 2 is 2.16 bits per heavy atom. The molecule has 0 radical (unpaired) electrons. The van der Waals surface area contributed by atoms with Crippen molar-refractivity contribution in [2.45, 2.75) is 44.7 Å². The van der Waals surface area contributed by atoms with Crippen LogP contribution < -0.4 is 5.73 Å². The number of piperidine rings is 1. The lowest BCUT2D eigenvalue weighted by Gasteiger charge is -2.35. The highest BCUT2D eigenvalue weighted by molar-refractivity contribution is 5.87. The van der Waals surface area contributed by atoms with Crippen LogP contribution >= 0.6 is 0 Å². The van der Waals surface area contributed by atoms with Crippen molar-refractivity contribution in [3.8, 4) is 0 Å². The summed E-state index contributed by atoms with van der Waals surface area (Å²) in [5, 5.41) is 0. The Morgan fingerprint density at radius 3 is 2.79 bits per heavy atom. The molecule has 2 unspecified atom stereocenters. The quantitative estimate of drug-likeness (QED) is 0.703. The zero-order valence-electron chi connectivity index (χ0n) is 11.8. The van der Waals surface area contributed by atoms with E-state index < -0.39 is 12.1 Å². The van der Waals surface area contributed by atoms with Crippen LogP contribution in [0.3, 0.4) is 0 Å². The van der Waals surface area contributed by atoms with E-state index in [1.165, 1.54) is 0 Å². The topological polar surface area (TPSA) is 81.9 Å². The first-order valence-corrected chi connectivity index (χ1v) is 6.83. The van der Waals surface area contributed by atoms with Crippen molar-refractivity contribution < 1.29 is 19.1 Å². The average molecular weight is 272 g/mol. The minimum atomic E-state index is -0.616. The first-order chi connectivity index (χ1) is 9.11. The Hall–Kier alpha value is -1.14. The summed E-state index contributed by atoms with van der Waals surface area (Å²) in [6.07, 6.45) is 2.95. The molecule has 0 aliphatic carbocycles. The second-order valence-electron chi connectivity index (χ2n) is 4.68. The molecule has 1 aliphatic rings. The zero-order chi connectivity index (χ0) is 14.3. The number of hydrogen-bond acceptors (Lipinski definition) is 5. The molecule has 0 aromatic carbocycles. The second kappa shape index (κ2) is 8.12. The second-order valence-corrected chi connectivity index (χ2v) is 4.68. The molecular formula is C13H24N2O4. The highest BCUT2D eigenvalue weighted by atomic mass is 16.5. The van der Waals surface area contributed by atoms with Crippen LogP contribution in [-0.4, -0.2) is 55.7 Å². The van der Waals surface area contributed by atoms with E-state index in [-0.39, 0.29) is 11.9 Å². The van der Waals surface area contributed by atoms with E-state index in [0.717, 1.165) is 12.8 Å². The first kappa shape index (κ1) is 15.9. The molecule has 0 aromatic rings. The minimum Gasteiger partial charge on any atom is -0.464 e. The van der Waals surface area contributed by atoms with E-state index >= 15 is 0 Å². The van der Waals surface area contributed by atoms with Crippen LogP contribution in [-0.2, 0) is 19.1 Å². The first-order valence-electron chi connectivity index (χ1n) is 6.83. The molecule has 1 rings (SSSR count). The third kappa shape index (κ3) is 4.47. The summed E-state index contributed by atoms with van der Waals surface area (Å²) in [6.45, 7) is 3.10. The molecule has 2 N–H and O–H groups in total. The number of esters is 1. The van der Waals surface area contributed by atoms with Crippen molar-refractivity contribution in [1.29, 1.82) is 0 Å². The van der Waals surface area contributed by atoms with Crippen LogP contribution in [0, 0.1) is 0 Å². The number of nitrogens with two attached hydrogens (primary N) is 1. The van der Waals surface area contributed by atoms with Gasteiger partial charge < -0.3 is 20.1 Å². The van der Waals surface area contributed by atoms with Gasteiger partial charge in [-0.05, 0) is 32.6 Å². The number of carbonyl (C=O) groups excluding carboxylic acids is 2. The molecule has 0 spiro atoms. The summed E-state index contributed by atoms with van der Waals surface area (Å²) in [4.78, 5) is 25.7. The van der Waals surface area contributed by atoms with Gasteiger partial charge in [0.2, 0.25) is 5.91 Å². The van der Waals surface area contributed by atoms with Crippen molar-refractivity contribution in [3.63, 3.8) is 0 Å². The number of likely N-dealkylation sites (tertiary alicyclic amines) is 1. The third-order valence-corrected chi connectivity index (χ3v) is 3.29. The fraction of sp³-hybridized carbons (Fsp3) is 0.846. The molecule has 0 bridgehead atoms. The van der Waals surface area contributed by atoms with Crippen molar-refractivity contribution in [1.82, 2.24) is 4.90 Å². The highest BCUT2D eigenvalue weighted by Crippen LogP contribution is 2.19. The molecule has 110 valence electrons. The van der Waals surface area contributed by atoms with Gasteiger partial charge in [0.25, 0.3) is 0 Å². The molecule has 1 heterocycles. The Balaban J connectivity index is 2.65. The fourth-order valence-corrected chi connectivity index (χ4v) is 2.26. The summed E-state index contributed by atoms with van der Waals surface area (Å²) in [7, 11) is 1.57. The molecule has 1 fully saturated rings. The van der Waals surface area contributed by atoms with E-state index in [1.807, 2.05) is 0 Å². The lowest BCUT2D eigenvalue weighted by Crippen LogP contribution is -2.54. The van der Waals surface area contributed by atoms with Gasteiger partial charge in [0.15, 0.2) is 0 Å². The van der Waals surface area contributed by atoms with Crippen molar-refractivity contribution in [3.05, 3.63) is 0 Å². The maximum atomic E-state index is 12.3. The van der Waals surface area contributed by atoms with Gasteiger partial charge in [-0.25, -0.2) is 4.79 Å². The molecular weight excluding hydrogens is 248 g/mol. The van der Waals surface area contributed by atoms with E-state index in [1.54, 1.807) is 18.9 Å². The van der Waals surface area contributed by atoms with Gasteiger partial charge >= 0.3 is 5.97 Å². The number of amides is 1. The molecule has 6 nitrogen and oxygen atoms in total. The van der Waals surface area contributed by atoms with Crippen LogP contribution in [0.4, 0.5) is 0 Å². The maximum Gasteiger partial charge on any atom is 0.328 e. The molecule has 1 saturated heterocycles. The Morgan fingerprint density at radius 1 is 1.42 bits per heavy atom. The summed E-state index contributed by atoms with van der Waals surface area (Å²) < 4.78 is 9.94. The number of ether oxygens (including phenoxy) is 2. The van der Waals surface area contributed by atoms with Crippen LogP contribution in [0.25, 0.3) is 0 Å². The molecule has 0 saturated carbocycles. The van der Waals surface area contributed by atoms with Crippen LogP contribution in [0.15, 0.2) is 0 Å². The smallest absolute Gasteiger partial charge is 0.328 e. The van der Waals surface area contributed by atoms with Crippen LogP contribution in [0.1, 0.15) is 32.6 Å². The molecule has 1 amide bonds. The summed E-state index contributed by atoms with van der Waals surface area (Å²) >= 11 is 0. The highest BCUT2D eigenvalue weighted by Gasteiger charge is 2.34. The number of carbonyl (C=O) groups is 2. The Bertz CT molecular complexity index is 309. The van der Waals surface area contributed by atoms with Gasteiger partial charge in [-0.2, -0.15) is 0 Å². The SMILES string of the molecule is CCOC(=O)C1CCCCN1C(=O)C(N)CCOC. The lowest BCUT2D eigenvalue weighted by molar-refractivity contribution is -0.157. The lowest BCUT2D eigenvalue weighted by atomic mass is 10.0. The van der Waals surface area contributed by atoms with E-state index in [9.17, 15) is 9.59 Å². The van der Waals surface area contributed by atoms with Gasteiger partial charge in [-0.1, -0.05) is 0 Å². The predicted octanol–water partition coefficient (Wildman–Crippen LogP) is 0.294. The van der Waals surface area contributed by atoms with Gasteiger partial charge in [-0.15, -0.1) is 0 Å². The van der Waals surface area contributed by atoms with E-state index in [0.29, 0.717) is 32.6 Å². The van der Waals surface area contributed by atoms with Crippen LogP contribution in [0.5, 0.6) is 0 Å². The summed E-state index contributed by atoms with van der Waals surface area (Å²) in [5.41, 5.74) is 5.85. The largest absolute Gasteiger partial charge is 0.464 e. The number of methoxy groups -OCH3 is 1. The molecule has 19 heavy (non-hydrogen) atoms. The zero-order valence-corrected chi connectivity index (χ0v) is 11.8. The Labute approximate surface area is 114 Å². The van der Waals surface area contributed by atoms with Crippen LogP contribution in [0.2, 0.25) is 0 Å². The standard InChI is InChI=1S/C13H24N2O4/c1-3-19-13(17)11-6-4-5-8-15(11)12(16)10(14)7-9-18-2/h10-11H,3-9,14H2,1-2H3.